The van der Waals surface area contributed by atoms with E-state index in [0.717, 1.165) is 49.6 Å². The molecule has 0 radical (unpaired) electrons. The Kier molecular flexibility index (Phi) is 7.97. The molecule has 1 fully saturated rings. The Morgan fingerprint density at radius 2 is 2.14 bits per heavy atom. The lowest BCUT2D eigenvalue weighted by atomic mass is 9.87. The molecule has 2 aliphatic heterocycles. The van der Waals surface area contributed by atoms with Gasteiger partial charge in [0, 0.05) is 39.2 Å². The van der Waals surface area contributed by atoms with Crippen LogP contribution in [-0.2, 0) is 4.79 Å². The van der Waals surface area contributed by atoms with Gasteiger partial charge in [-0.15, -0.1) is 24.0 Å². The number of likely N-dealkylation sites (tertiary alicyclic amines) is 1. The number of para-hydroxylation sites is 1. The van der Waals surface area contributed by atoms with Crippen LogP contribution in [0.5, 0.6) is 5.75 Å². The first-order valence-corrected chi connectivity index (χ1v) is 9.90. The summed E-state index contributed by atoms with van der Waals surface area (Å²) >= 11 is 0. The van der Waals surface area contributed by atoms with Crippen LogP contribution >= 0.6 is 24.0 Å². The first kappa shape index (κ1) is 22.8. The fourth-order valence-corrected chi connectivity index (χ4v) is 3.66. The smallest absolute Gasteiger partial charge is 0.243 e. The quantitative estimate of drug-likeness (QED) is 0.392. The Morgan fingerprint density at radius 3 is 2.82 bits per heavy atom. The fraction of sp³-hybridized carbons (Fsp3) is 0.619. The van der Waals surface area contributed by atoms with Crippen LogP contribution in [0.1, 0.15) is 44.7 Å². The molecule has 0 saturated carbocycles. The number of hydrogen-bond acceptors (Lipinski definition) is 3. The standard InChI is InChI=1S/C21H32N4O2.HI/c1-5-21(2)11-12-25(15-21)20(22-14-19(26)24(3)4)23-17-10-13-27-18-9-7-6-8-16(17)18;/h6-9,17H,5,10-15H2,1-4H3,(H,22,23);1H. The molecular weight excluding hydrogens is 467 g/mol. The summed E-state index contributed by atoms with van der Waals surface area (Å²) in [7, 11) is 3.54. The average Bonchev–Trinajstić information content (AvgIpc) is 3.07. The third-order valence-electron chi connectivity index (χ3n) is 5.84. The lowest BCUT2D eigenvalue weighted by Gasteiger charge is -2.32. The highest BCUT2D eigenvalue weighted by molar-refractivity contribution is 14.0. The number of hydrogen-bond donors (Lipinski definition) is 1. The van der Waals surface area contributed by atoms with E-state index in [1.165, 1.54) is 0 Å². The zero-order valence-corrected chi connectivity index (χ0v) is 19.7. The van der Waals surface area contributed by atoms with Gasteiger partial charge in [0.25, 0.3) is 0 Å². The Labute approximate surface area is 185 Å². The molecule has 1 N–H and O–H groups in total. The van der Waals surface area contributed by atoms with Gasteiger partial charge in [0.2, 0.25) is 5.91 Å². The highest BCUT2D eigenvalue weighted by Gasteiger charge is 2.35. The normalized spacial score (nSPS) is 24.1. The summed E-state index contributed by atoms with van der Waals surface area (Å²) in [5.41, 5.74) is 1.47. The van der Waals surface area contributed by atoms with Gasteiger partial charge in [0.1, 0.15) is 12.3 Å². The Bertz CT molecular complexity index is 709. The monoisotopic (exact) mass is 500 g/mol. The van der Waals surface area contributed by atoms with Crippen LogP contribution in [0.3, 0.4) is 0 Å². The molecule has 2 heterocycles. The predicted molar refractivity (Wildman–Crippen MR) is 123 cm³/mol. The largest absolute Gasteiger partial charge is 0.493 e. The molecule has 2 aliphatic rings. The number of carbonyl (C=O) groups is 1. The minimum Gasteiger partial charge on any atom is -0.493 e. The summed E-state index contributed by atoms with van der Waals surface area (Å²) in [5.74, 6) is 1.79. The van der Waals surface area contributed by atoms with E-state index in [1.54, 1.807) is 19.0 Å². The van der Waals surface area contributed by atoms with Gasteiger partial charge in [-0.1, -0.05) is 32.0 Å². The topological polar surface area (TPSA) is 57.2 Å². The van der Waals surface area contributed by atoms with Crippen LogP contribution in [-0.4, -0.2) is 62.0 Å². The van der Waals surface area contributed by atoms with Crippen molar-refractivity contribution in [1.82, 2.24) is 15.1 Å². The predicted octanol–water partition coefficient (Wildman–Crippen LogP) is 3.28. The summed E-state index contributed by atoms with van der Waals surface area (Å²) in [6.07, 6.45) is 3.18. The van der Waals surface area contributed by atoms with Crippen LogP contribution in [0.2, 0.25) is 0 Å². The molecule has 0 aromatic heterocycles. The number of ether oxygens (including phenoxy) is 1. The summed E-state index contributed by atoms with van der Waals surface area (Å²) < 4.78 is 5.79. The van der Waals surface area contributed by atoms with Gasteiger partial charge >= 0.3 is 0 Å². The van der Waals surface area contributed by atoms with Gasteiger partial charge in [-0.2, -0.15) is 0 Å². The van der Waals surface area contributed by atoms with Crippen molar-refractivity contribution in [2.24, 2.45) is 10.4 Å². The summed E-state index contributed by atoms with van der Waals surface area (Å²) in [6.45, 7) is 7.37. The molecule has 1 aromatic rings. The second kappa shape index (κ2) is 9.80. The number of aliphatic imine (C=N–C) groups is 1. The van der Waals surface area contributed by atoms with Gasteiger partial charge in [-0.25, -0.2) is 4.99 Å². The van der Waals surface area contributed by atoms with E-state index in [1.807, 2.05) is 18.2 Å². The highest BCUT2D eigenvalue weighted by Crippen LogP contribution is 2.35. The first-order chi connectivity index (χ1) is 12.9. The molecule has 2 unspecified atom stereocenters. The molecule has 0 bridgehead atoms. The SMILES string of the molecule is CCC1(C)CCN(C(=NCC(=O)N(C)C)NC2CCOc3ccccc32)C1.I. The highest BCUT2D eigenvalue weighted by atomic mass is 127. The lowest BCUT2D eigenvalue weighted by Crippen LogP contribution is -2.44. The van der Waals surface area contributed by atoms with E-state index in [-0.39, 0.29) is 42.5 Å². The molecule has 6 nitrogen and oxygen atoms in total. The summed E-state index contributed by atoms with van der Waals surface area (Å²) in [5, 5.41) is 3.64. The zero-order chi connectivity index (χ0) is 19.4. The van der Waals surface area contributed by atoms with Crippen molar-refractivity contribution in [2.75, 3.05) is 40.3 Å². The van der Waals surface area contributed by atoms with Gasteiger partial charge in [-0.3, -0.25) is 4.79 Å². The molecule has 1 aromatic carbocycles. The number of nitrogens with zero attached hydrogens (tertiary/aromatic N) is 3. The number of nitrogens with one attached hydrogen (secondary N) is 1. The summed E-state index contributed by atoms with van der Waals surface area (Å²) in [6, 6.07) is 8.31. The second-order valence-corrected chi connectivity index (χ2v) is 8.14. The minimum atomic E-state index is 0. The molecule has 28 heavy (non-hydrogen) atoms. The number of halogens is 1. The van der Waals surface area contributed by atoms with Gasteiger partial charge in [-0.05, 0) is 24.3 Å². The third-order valence-corrected chi connectivity index (χ3v) is 5.84. The maximum atomic E-state index is 12.1. The maximum absolute atomic E-state index is 12.1. The molecular formula is C21H33IN4O2. The van der Waals surface area contributed by atoms with Crippen LogP contribution in [0.25, 0.3) is 0 Å². The van der Waals surface area contributed by atoms with Crippen molar-refractivity contribution in [1.29, 1.82) is 0 Å². The van der Waals surface area contributed by atoms with Crippen molar-refractivity contribution in [3.8, 4) is 5.75 Å². The average molecular weight is 500 g/mol. The zero-order valence-electron chi connectivity index (χ0n) is 17.4. The number of likely N-dealkylation sites (N-methyl/N-ethyl adjacent to an activating group) is 1. The molecule has 156 valence electrons. The van der Waals surface area contributed by atoms with E-state index >= 15 is 0 Å². The molecule has 0 spiro atoms. The Hall–Kier alpha value is -1.51. The molecule has 1 amide bonds. The van der Waals surface area contributed by atoms with E-state index < -0.39 is 0 Å². The number of benzene rings is 1. The molecule has 0 aliphatic carbocycles. The van der Waals surface area contributed by atoms with Crippen molar-refractivity contribution in [3.05, 3.63) is 29.8 Å². The maximum Gasteiger partial charge on any atom is 0.243 e. The van der Waals surface area contributed by atoms with E-state index in [4.69, 9.17) is 9.73 Å². The number of fused-ring (bicyclic) bond motifs is 1. The Balaban J connectivity index is 0.00000280. The molecule has 2 atom stereocenters. The van der Waals surface area contributed by atoms with Gasteiger partial charge < -0.3 is 19.9 Å². The van der Waals surface area contributed by atoms with Crippen LogP contribution in [0.15, 0.2) is 29.3 Å². The van der Waals surface area contributed by atoms with Crippen molar-refractivity contribution < 1.29 is 9.53 Å². The van der Waals surface area contributed by atoms with E-state index in [2.05, 4.69) is 30.1 Å². The number of carbonyl (C=O) groups excluding carboxylic acids is 1. The third kappa shape index (κ3) is 5.30. The minimum absolute atomic E-state index is 0. The van der Waals surface area contributed by atoms with E-state index in [9.17, 15) is 4.79 Å². The van der Waals surface area contributed by atoms with Crippen LogP contribution in [0.4, 0.5) is 0 Å². The summed E-state index contributed by atoms with van der Waals surface area (Å²) in [4.78, 5) is 20.7. The number of rotatable bonds is 4. The fourth-order valence-electron chi connectivity index (χ4n) is 3.66. The van der Waals surface area contributed by atoms with Crippen LogP contribution < -0.4 is 10.1 Å². The Morgan fingerprint density at radius 1 is 1.39 bits per heavy atom. The van der Waals surface area contributed by atoms with Crippen LogP contribution in [0, 0.1) is 5.41 Å². The van der Waals surface area contributed by atoms with Gasteiger partial charge in [0.05, 0.1) is 12.6 Å². The van der Waals surface area contributed by atoms with Crippen molar-refractivity contribution >= 4 is 35.8 Å². The molecule has 1 saturated heterocycles. The van der Waals surface area contributed by atoms with E-state index in [0.29, 0.717) is 12.0 Å². The second-order valence-electron chi connectivity index (χ2n) is 8.14. The van der Waals surface area contributed by atoms with Crippen molar-refractivity contribution in [2.45, 2.75) is 39.2 Å². The number of guanidine groups is 1. The number of amides is 1. The molecule has 3 rings (SSSR count). The lowest BCUT2D eigenvalue weighted by molar-refractivity contribution is -0.127. The molecule has 7 heteroatoms. The van der Waals surface area contributed by atoms with Gasteiger partial charge in [0.15, 0.2) is 5.96 Å². The first-order valence-electron chi connectivity index (χ1n) is 9.90. The van der Waals surface area contributed by atoms with Crippen molar-refractivity contribution in [3.63, 3.8) is 0 Å².